The van der Waals surface area contributed by atoms with E-state index in [4.69, 9.17) is 14.6 Å². The van der Waals surface area contributed by atoms with Gasteiger partial charge in [0.05, 0.1) is 24.8 Å². The van der Waals surface area contributed by atoms with Crippen molar-refractivity contribution in [1.82, 2.24) is 14.8 Å². The van der Waals surface area contributed by atoms with Crippen molar-refractivity contribution in [3.63, 3.8) is 0 Å². The van der Waals surface area contributed by atoms with E-state index >= 15 is 0 Å². The number of carboxylic acids is 1. The minimum Gasteiger partial charge on any atom is -0.481 e. The number of carbonyl (C=O) groups is 1. The van der Waals surface area contributed by atoms with Gasteiger partial charge in [0.15, 0.2) is 11.0 Å². The predicted octanol–water partition coefficient (Wildman–Crippen LogP) is 0.588. The third-order valence-corrected chi connectivity index (χ3v) is 3.13. The number of aromatic nitrogens is 3. The molecule has 0 spiro atoms. The van der Waals surface area contributed by atoms with Crippen molar-refractivity contribution in [1.29, 1.82) is 0 Å². The molecule has 0 aliphatic carbocycles. The zero-order valence-electron chi connectivity index (χ0n) is 9.31. The van der Waals surface area contributed by atoms with E-state index in [0.29, 0.717) is 17.5 Å². The zero-order chi connectivity index (χ0) is 13.0. The minimum atomic E-state index is -0.927. The largest absolute Gasteiger partial charge is 0.481 e. The fourth-order valence-electron chi connectivity index (χ4n) is 1.39. The monoisotopic (exact) mass is 269 g/mol. The molecule has 0 unspecified atom stereocenters. The molecule has 0 radical (unpaired) electrons. The molecule has 0 saturated carbocycles. The highest BCUT2D eigenvalue weighted by Crippen LogP contribution is 2.18. The Morgan fingerprint density at radius 1 is 1.50 bits per heavy atom. The molecule has 0 bridgehead atoms. The summed E-state index contributed by atoms with van der Waals surface area (Å²) < 4.78 is 6.62. The topological polar surface area (TPSA) is 101 Å². The van der Waals surface area contributed by atoms with Crippen molar-refractivity contribution in [2.24, 2.45) is 0 Å². The third-order valence-electron chi connectivity index (χ3n) is 2.18. The number of nitrogens with zero attached hydrogens (tertiary/aromatic N) is 3. The van der Waals surface area contributed by atoms with Crippen LogP contribution in [0.3, 0.4) is 0 Å². The second-order valence-electron chi connectivity index (χ2n) is 3.46. The normalized spacial score (nSPS) is 10.7. The summed E-state index contributed by atoms with van der Waals surface area (Å²) in [5.74, 6) is -0.637. The van der Waals surface area contributed by atoms with Gasteiger partial charge in [-0.2, -0.15) is 0 Å². The molecule has 2 aromatic heterocycles. The van der Waals surface area contributed by atoms with Gasteiger partial charge in [-0.25, -0.2) is 0 Å². The average Bonchev–Trinajstić information content (AvgIpc) is 2.97. The predicted molar refractivity (Wildman–Crippen MR) is 62.1 cm³/mol. The van der Waals surface area contributed by atoms with Gasteiger partial charge >= 0.3 is 5.97 Å². The summed E-state index contributed by atoms with van der Waals surface area (Å²) in [4.78, 5) is 10.5. The van der Waals surface area contributed by atoms with E-state index in [0.717, 1.165) is 17.3 Å². The zero-order valence-corrected chi connectivity index (χ0v) is 10.1. The highest BCUT2D eigenvalue weighted by Gasteiger charge is 2.14. The number of rotatable bonds is 6. The van der Waals surface area contributed by atoms with Crippen LogP contribution in [0.5, 0.6) is 0 Å². The smallest absolute Gasteiger partial charge is 0.313 e. The van der Waals surface area contributed by atoms with Crippen LogP contribution in [0.2, 0.25) is 0 Å². The number of aliphatic hydroxyl groups excluding tert-OH is 1. The molecule has 2 N–H and O–H groups in total. The molecule has 0 aliphatic rings. The average molecular weight is 269 g/mol. The number of hydrogen-bond donors (Lipinski definition) is 2. The van der Waals surface area contributed by atoms with E-state index in [1.807, 2.05) is 0 Å². The van der Waals surface area contributed by atoms with Gasteiger partial charge < -0.3 is 14.6 Å². The number of furan rings is 1. The highest BCUT2D eigenvalue weighted by atomic mass is 32.2. The van der Waals surface area contributed by atoms with Gasteiger partial charge in [0.1, 0.15) is 6.61 Å². The fraction of sp³-hybridized carbons (Fsp3) is 0.300. The SMILES string of the molecule is O=C(O)CSc1nnc(CO)n1Cc1ccoc1. The maximum atomic E-state index is 10.5. The van der Waals surface area contributed by atoms with Crippen molar-refractivity contribution in [3.8, 4) is 0 Å². The molecule has 0 fully saturated rings. The van der Waals surface area contributed by atoms with Crippen LogP contribution >= 0.6 is 11.8 Å². The van der Waals surface area contributed by atoms with Gasteiger partial charge in [-0.15, -0.1) is 10.2 Å². The van der Waals surface area contributed by atoms with Crippen LogP contribution in [0.15, 0.2) is 28.2 Å². The maximum absolute atomic E-state index is 10.5. The molecule has 0 aliphatic heterocycles. The summed E-state index contributed by atoms with van der Waals surface area (Å²) in [7, 11) is 0. The molecular formula is C10H11N3O4S. The molecule has 2 rings (SSSR count). The summed E-state index contributed by atoms with van der Waals surface area (Å²) in [6.07, 6.45) is 3.12. The van der Waals surface area contributed by atoms with E-state index in [1.54, 1.807) is 23.2 Å². The van der Waals surface area contributed by atoms with Crippen LogP contribution in [0.4, 0.5) is 0 Å². The first-order valence-corrected chi connectivity index (χ1v) is 6.08. The standard InChI is InChI=1S/C10H11N3O4S/c14-4-8-11-12-10(18-6-9(15)16)13(8)3-7-1-2-17-5-7/h1-2,5,14H,3-4,6H2,(H,15,16). The van der Waals surface area contributed by atoms with Crippen molar-refractivity contribution in [3.05, 3.63) is 30.0 Å². The summed E-state index contributed by atoms with van der Waals surface area (Å²) in [6, 6.07) is 1.78. The molecule has 96 valence electrons. The number of carboxylic acid groups (broad SMARTS) is 1. The Hall–Kier alpha value is -1.80. The van der Waals surface area contributed by atoms with Crippen molar-refractivity contribution in [2.75, 3.05) is 5.75 Å². The maximum Gasteiger partial charge on any atom is 0.313 e. The van der Waals surface area contributed by atoms with Gasteiger partial charge in [0.2, 0.25) is 0 Å². The molecule has 18 heavy (non-hydrogen) atoms. The van der Waals surface area contributed by atoms with Crippen LogP contribution < -0.4 is 0 Å². The van der Waals surface area contributed by atoms with Gasteiger partial charge in [0, 0.05) is 5.56 Å². The van der Waals surface area contributed by atoms with E-state index in [2.05, 4.69) is 10.2 Å². The van der Waals surface area contributed by atoms with E-state index in [-0.39, 0.29) is 12.4 Å². The Balaban J connectivity index is 2.19. The van der Waals surface area contributed by atoms with Crippen molar-refractivity contribution < 1.29 is 19.4 Å². The molecule has 0 saturated heterocycles. The first-order chi connectivity index (χ1) is 8.70. The molecule has 8 heteroatoms. The Morgan fingerprint density at radius 3 is 2.94 bits per heavy atom. The lowest BCUT2D eigenvalue weighted by Crippen LogP contribution is -2.07. The lowest BCUT2D eigenvalue weighted by Gasteiger charge is -2.06. The molecule has 7 nitrogen and oxygen atoms in total. The second-order valence-corrected chi connectivity index (χ2v) is 4.40. The number of thioether (sulfide) groups is 1. The van der Waals surface area contributed by atoms with E-state index in [9.17, 15) is 4.79 Å². The number of aliphatic hydroxyl groups is 1. The number of hydrogen-bond acceptors (Lipinski definition) is 6. The van der Waals surface area contributed by atoms with Crippen LogP contribution in [0.25, 0.3) is 0 Å². The first kappa shape index (κ1) is 12.7. The first-order valence-electron chi connectivity index (χ1n) is 5.09. The van der Waals surface area contributed by atoms with Crippen molar-refractivity contribution >= 4 is 17.7 Å². The fourth-order valence-corrected chi connectivity index (χ4v) is 2.07. The summed E-state index contributed by atoms with van der Waals surface area (Å²) in [5.41, 5.74) is 0.890. The van der Waals surface area contributed by atoms with Gasteiger partial charge in [-0.1, -0.05) is 11.8 Å². The quantitative estimate of drug-likeness (QED) is 0.740. The summed E-state index contributed by atoms with van der Waals surface area (Å²) >= 11 is 1.06. The molecule has 0 aromatic carbocycles. The Bertz CT molecular complexity index is 523. The Labute approximate surface area is 106 Å². The summed E-state index contributed by atoms with van der Waals surface area (Å²) in [5, 5.41) is 25.9. The molecular weight excluding hydrogens is 258 g/mol. The Kier molecular flexibility index (Phi) is 4.00. The minimum absolute atomic E-state index is 0.102. The lowest BCUT2D eigenvalue weighted by molar-refractivity contribution is -0.133. The van der Waals surface area contributed by atoms with Gasteiger partial charge in [-0.3, -0.25) is 9.36 Å². The van der Waals surface area contributed by atoms with Gasteiger partial charge in [-0.05, 0) is 6.07 Å². The lowest BCUT2D eigenvalue weighted by atomic mass is 10.3. The van der Waals surface area contributed by atoms with Crippen LogP contribution in [-0.4, -0.2) is 36.7 Å². The molecule has 2 aromatic rings. The number of aliphatic carboxylic acids is 1. The molecule has 0 atom stereocenters. The molecule has 2 heterocycles. The van der Waals surface area contributed by atoms with E-state index in [1.165, 1.54) is 0 Å². The van der Waals surface area contributed by atoms with Crippen LogP contribution in [0, 0.1) is 0 Å². The second kappa shape index (κ2) is 5.69. The van der Waals surface area contributed by atoms with Crippen LogP contribution in [0.1, 0.15) is 11.4 Å². The summed E-state index contributed by atoms with van der Waals surface area (Å²) in [6.45, 7) is 0.180. The highest BCUT2D eigenvalue weighted by molar-refractivity contribution is 7.99. The third kappa shape index (κ3) is 2.90. The Morgan fingerprint density at radius 2 is 2.33 bits per heavy atom. The van der Waals surface area contributed by atoms with Crippen molar-refractivity contribution in [2.45, 2.75) is 18.3 Å². The van der Waals surface area contributed by atoms with Gasteiger partial charge in [0.25, 0.3) is 0 Å². The van der Waals surface area contributed by atoms with Crippen LogP contribution in [-0.2, 0) is 17.9 Å². The van der Waals surface area contributed by atoms with E-state index < -0.39 is 5.97 Å². The molecule has 0 amide bonds.